The summed E-state index contributed by atoms with van der Waals surface area (Å²) in [6.45, 7) is 1.15. The van der Waals surface area contributed by atoms with Gasteiger partial charge in [-0.25, -0.2) is 23.8 Å². The van der Waals surface area contributed by atoms with E-state index in [4.69, 9.17) is 16.3 Å². The minimum Gasteiger partial charge on any atom is -0.465 e. The maximum absolute atomic E-state index is 14.4. The lowest BCUT2D eigenvalue weighted by Gasteiger charge is -2.05. The summed E-state index contributed by atoms with van der Waals surface area (Å²) in [7, 11) is 1.37. The first kappa shape index (κ1) is 22.6. The van der Waals surface area contributed by atoms with Gasteiger partial charge >= 0.3 is 5.97 Å². The Hall–Kier alpha value is -3.83. The first-order chi connectivity index (χ1) is 17.5. The highest BCUT2D eigenvalue weighted by atomic mass is 35.5. The van der Waals surface area contributed by atoms with Gasteiger partial charge in [-0.15, -0.1) is 5.10 Å². The molecular weight excluding hydrogens is 487 g/mol. The van der Waals surface area contributed by atoms with Crippen molar-refractivity contribution < 1.29 is 13.9 Å². The second-order valence-electron chi connectivity index (χ2n) is 8.85. The molecule has 10 nitrogen and oxygen atoms in total. The summed E-state index contributed by atoms with van der Waals surface area (Å²) >= 11 is 5.91. The van der Waals surface area contributed by atoms with Crippen LogP contribution in [0.25, 0.3) is 11.2 Å². The molecule has 0 aromatic carbocycles. The van der Waals surface area contributed by atoms with Crippen LogP contribution in [0.1, 0.15) is 51.8 Å². The van der Waals surface area contributed by atoms with Crippen LogP contribution in [0, 0.1) is 5.82 Å². The van der Waals surface area contributed by atoms with E-state index in [2.05, 4.69) is 25.6 Å². The second kappa shape index (κ2) is 8.99. The van der Waals surface area contributed by atoms with Crippen molar-refractivity contribution in [2.45, 2.75) is 38.4 Å². The number of ether oxygens (including phenoxy) is 1. The van der Waals surface area contributed by atoms with Gasteiger partial charge in [0.15, 0.2) is 11.5 Å². The number of pyridine rings is 2. The fourth-order valence-electron chi connectivity index (χ4n) is 4.33. The maximum Gasteiger partial charge on any atom is 0.341 e. The number of imidazole rings is 2. The molecule has 0 unspecified atom stereocenters. The molecule has 0 spiro atoms. The van der Waals surface area contributed by atoms with Gasteiger partial charge in [0, 0.05) is 31.7 Å². The second-order valence-corrected chi connectivity index (χ2v) is 9.26. The van der Waals surface area contributed by atoms with Crippen molar-refractivity contribution in [1.82, 2.24) is 39.1 Å². The molecule has 6 rings (SSSR count). The number of rotatable bonds is 8. The number of nitrogens with one attached hydrogen (secondary N) is 1. The Balaban J connectivity index is 1.15. The lowest BCUT2D eigenvalue weighted by molar-refractivity contribution is 0.0602. The van der Waals surface area contributed by atoms with E-state index in [1.165, 1.54) is 13.2 Å². The predicted octanol–water partition coefficient (Wildman–Crippen LogP) is 3.37. The van der Waals surface area contributed by atoms with Crippen LogP contribution in [0.5, 0.6) is 0 Å². The van der Waals surface area contributed by atoms with Gasteiger partial charge in [-0.05, 0) is 36.5 Å². The first-order valence-corrected chi connectivity index (χ1v) is 11.9. The van der Waals surface area contributed by atoms with Crippen LogP contribution in [0.15, 0.2) is 43.2 Å². The Kier molecular flexibility index (Phi) is 5.65. The molecule has 1 saturated carbocycles. The third kappa shape index (κ3) is 4.20. The molecule has 36 heavy (non-hydrogen) atoms. The van der Waals surface area contributed by atoms with E-state index in [9.17, 15) is 9.18 Å². The van der Waals surface area contributed by atoms with Crippen molar-refractivity contribution in [3.63, 3.8) is 0 Å². The number of aromatic nitrogens is 7. The summed E-state index contributed by atoms with van der Waals surface area (Å²) in [5, 5.41) is 11.7. The fourth-order valence-corrected chi connectivity index (χ4v) is 4.48. The Labute approximate surface area is 209 Å². The van der Waals surface area contributed by atoms with E-state index < -0.39 is 11.8 Å². The van der Waals surface area contributed by atoms with Crippen molar-refractivity contribution in [2.75, 3.05) is 7.11 Å². The van der Waals surface area contributed by atoms with Gasteiger partial charge in [0.05, 0.1) is 48.3 Å². The van der Waals surface area contributed by atoms with E-state index in [-0.39, 0.29) is 5.02 Å². The zero-order chi connectivity index (χ0) is 24.8. The fraction of sp³-hybridized carbons (Fsp3) is 0.292. The van der Waals surface area contributed by atoms with E-state index in [1.54, 1.807) is 21.6 Å². The molecule has 0 atom stereocenters. The van der Waals surface area contributed by atoms with Crippen LogP contribution in [-0.4, -0.2) is 46.8 Å². The number of halogens is 2. The Morgan fingerprint density at radius 1 is 1.22 bits per heavy atom. The third-order valence-corrected chi connectivity index (χ3v) is 6.55. The van der Waals surface area contributed by atoms with Crippen molar-refractivity contribution in [2.24, 2.45) is 0 Å². The summed E-state index contributed by atoms with van der Waals surface area (Å²) in [6, 6.07) is 3.38. The molecule has 0 aliphatic heterocycles. The Morgan fingerprint density at radius 3 is 2.89 bits per heavy atom. The normalized spacial score (nSPS) is 13.6. The van der Waals surface area contributed by atoms with Gasteiger partial charge in [-0.2, -0.15) is 0 Å². The van der Waals surface area contributed by atoms with Crippen molar-refractivity contribution >= 4 is 28.7 Å². The van der Waals surface area contributed by atoms with E-state index >= 15 is 0 Å². The largest absolute Gasteiger partial charge is 0.465 e. The standard InChI is InChI=1S/C24H22ClFN8O2/c1-36-24(35)18-6-15(14-2-3-14)9-33-10-17(29-23(18)33)12-34-11-16(30-31-34)7-27-8-20-22-21(26)19(25)4-5-32(22)13-28-20/h4-6,9-11,13-14,27H,2-3,7-8,12H2,1H3. The summed E-state index contributed by atoms with van der Waals surface area (Å²) in [6.07, 6.45) is 11.2. The van der Waals surface area contributed by atoms with Crippen LogP contribution in [0.2, 0.25) is 5.02 Å². The summed E-state index contributed by atoms with van der Waals surface area (Å²) < 4.78 is 24.5. The van der Waals surface area contributed by atoms with Gasteiger partial charge in [0.2, 0.25) is 0 Å². The minimum absolute atomic E-state index is 0.0570. The highest BCUT2D eigenvalue weighted by molar-refractivity contribution is 6.31. The molecule has 5 heterocycles. The summed E-state index contributed by atoms with van der Waals surface area (Å²) in [5.41, 5.74) is 4.50. The molecule has 1 fully saturated rings. The molecule has 0 saturated heterocycles. The Bertz CT molecular complexity index is 1600. The molecule has 1 aliphatic carbocycles. The number of hydrogen-bond donors (Lipinski definition) is 1. The highest BCUT2D eigenvalue weighted by Gasteiger charge is 2.26. The van der Waals surface area contributed by atoms with Crippen molar-refractivity contribution in [3.05, 3.63) is 82.3 Å². The summed E-state index contributed by atoms with van der Waals surface area (Å²) in [5.74, 6) is -0.407. The molecule has 184 valence electrons. The first-order valence-electron chi connectivity index (χ1n) is 11.5. The number of methoxy groups -OCH3 is 1. The summed E-state index contributed by atoms with van der Waals surface area (Å²) in [4.78, 5) is 21.3. The van der Waals surface area contributed by atoms with E-state index in [1.807, 2.05) is 29.1 Å². The lowest BCUT2D eigenvalue weighted by atomic mass is 10.1. The van der Waals surface area contributed by atoms with E-state index in [0.717, 1.165) is 24.1 Å². The van der Waals surface area contributed by atoms with Gasteiger partial charge in [0.1, 0.15) is 11.1 Å². The smallest absolute Gasteiger partial charge is 0.341 e. The molecule has 1 aliphatic rings. The quantitative estimate of drug-likeness (QED) is 0.320. The number of carbonyl (C=O) groups is 1. The average molecular weight is 509 g/mol. The van der Waals surface area contributed by atoms with Gasteiger partial charge in [-0.1, -0.05) is 16.8 Å². The molecule has 0 bridgehead atoms. The molecular formula is C24H22ClFN8O2. The van der Waals surface area contributed by atoms with Crippen LogP contribution >= 0.6 is 11.6 Å². The number of hydrogen-bond acceptors (Lipinski definition) is 7. The molecule has 0 radical (unpaired) electrons. The lowest BCUT2D eigenvalue weighted by Crippen LogP contribution is -2.13. The zero-order valence-electron chi connectivity index (χ0n) is 19.4. The van der Waals surface area contributed by atoms with Crippen molar-refractivity contribution in [3.8, 4) is 0 Å². The molecule has 1 N–H and O–H groups in total. The monoisotopic (exact) mass is 508 g/mol. The van der Waals surface area contributed by atoms with Crippen LogP contribution in [0.3, 0.4) is 0 Å². The molecule has 12 heteroatoms. The van der Waals surface area contributed by atoms with Crippen LogP contribution in [0.4, 0.5) is 4.39 Å². The topological polar surface area (TPSA) is 104 Å². The number of esters is 1. The highest BCUT2D eigenvalue weighted by Crippen LogP contribution is 2.40. The molecule has 5 aromatic heterocycles. The SMILES string of the molecule is COC(=O)c1cc(C2CC2)cn2cc(Cn3cc(CNCc4ncn5ccc(Cl)c(F)c45)nn3)nc12. The zero-order valence-corrected chi connectivity index (χ0v) is 20.1. The van der Waals surface area contributed by atoms with Crippen LogP contribution < -0.4 is 5.32 Å². The van der Waals surface area contributed by atoms with Gasteiger partial charge < -0.3 is 18.9 Å². The molecule has 5 aromatic rings. The molecule has 0 amide bonds. The van der Waals surface area contributed by atoms with E-state index in [0.29, 0.717) is 53.7 Å². The van der Waals surface area contributed by atoms with Crippen molar-refractivity contribution in [1.29, 1.82) is 0 Å². The number of fused-ring (bicyclic) bond motifs is 2. The average Bonchev–Trinajstić information content (AvgIpc) is 3.29. The van der Waals surface area contributed by atoms with Gasteiger partial charge in [-0.3, -0.25) is 0 Å². The minimum atomic E-state index is -0.494. The Morgan fingerprint density at radius 2 is 2.08 bits per heavy atom. The van der Waals surface area contributed by atoms with Gasteiger partial charge in [0.25, 0.3) is 0 Å². The maximum atomic E-state index is 14.4. The predicted molar refractivity (Wildman–Crippen MR) is 128 cm³/mol. The third-order valence-electron chi connectivity index (χ3n) is 6.25. The number of nitrogens with zero attached hydrogens (tertiary/aromatic N) is 7. The number of carbonyl (C=O) groups excluding carboxylic acids is 1. The van der Waals surface area contributed by atoms with Crippen LogP contribution in [-0.2, 0) is 24.4 Å².